The summed E-state index contributed by atoms with van der Waals surface area (Å²) in [5, 5.41) is 33.0. The van der Waals surface area contributed by atoms with Gasteiger partial charge in [-0.25, -0.2) is 0 Å². The Morgan fingerprint density at radius 3 is 0.789 bits per heavy atom. The molecule has 0 aliphatic carbocycles. The molecule has 3 atom stereocenters. The molecule has 0 heterocycles. The summed E-state index contributed by atoms with van der Waals surface area (Å²) in [5.41, 5.74) is 0.567. The monoisotopic (exact) mass is 838 g/mol. The van der Waals surface area contributed by atoms with Crippen molar-refractivity contribution in [3.8, 4) is 0 Å². The van der Waals surface area contributed by atoms with Gasteiger partial charge in [0.15, 0.2) is 5.78 Å². The summed E-state index contributed by atoms with van der Waals surface area (Å²) < 4.78 is 32.4. The van der Waals surface area contributed by atoms with E-state index >= 15 is 0 Å². The highest BCUT2D eigenvalue weighted by molar-refractivity contribution is 5.79. The summed E-state index contributed by atoms with van der Waals surface area (Å²) in [6, 6.07) is 0. The number of carbonyl (C=O) groups excluding carboxylic acids is 3. The minimum atomic E-state index is -0.273. The van der Waals surface area contributed by atoms with Gasteiger partial charge in [0, 0.05) is 75.1 Å². The van der Waals surface area contributed by atoms with Crippen LogP contribution in [0.4, 0.5) is 0 Å². The standard InChI is InChI=1S/3C5H12O2.C5H12O.C4H9NO.C4H8O2.C4H10O.C4H8O.C4H10.C3H6O/c3*1-3-5(6)4-7-2;1-3-4-5-6-2;2*1-4(5)3-6-2;1-3-4-5-2;1-3-4(2)5;1-3-4-2;1-3(2)4/h3*5-6H,3-4H2,1-2H3;3-5H2,1-2H3;5H,3H2,1-2H3;3H2,1-2H3;3-4H2,1-2H3;3H2,1-2H3;3-4H2,1-2H3;1-2H3/t2*5-;;;;;;;;/m10......../s1. The lowest BCUT2D eigenvalue weighted by molar-refractivity contribution is -0.120. The molecular weight excluding hydrogens is 738 g/mol. The van der Waals surface area contributed by atoms with Gasteiger partial charge in [-0.2, -0.15) is 0 Å². The maximum atomic E-state index is 9.92. The van der Waals surface area contributed by atoms with Crippen LogP contribution in [0.3, 0.4) is 0 Å². The van der Waals surface area contributed by atoms with Crippen LogP contribution in [0.15, 0.2) is 0 Å². The van der Waals surface area contributed by atoms with E-state index in [1.165, 1.54) is 53.6 Å². The predicted octanol–water partition coefficient (Wildman–Crippen LogP) is 7.97. The molecule has 0 bridgehead atoms. The van der Waals surface area contributed by atoms with Crippen LogP contribution >= 0.6 is 0 Å². The van der Waals surface area contributed by atoms with Gasteiger partial charge in [0.1, 0.15) is 18.2 Å². The largest absolute Gasteiger partial charge is 0.391 e. The van der Waals surface area contributed by atoms with Crippen LogP contribution in [-0.2, 0) is 47.5 Å². The highest BCUT2D eigenvalue weighted by Crippen LogP contribution is 1.88. The van der Waals surface area contributed by atoms with Crippen molar-refractivity contribution >= 4 is 23.1 Å². The minimum absolute atomic E-state index is 0.0671. The predicted molar refractivity (Wildman–Crippen MR) is 239 cm³/mol. The number of unbranched alkanes of at least 4 members (excludes halogenated alkanes) is 2. The zero-order valence-electron chi connectivity index (χ0n) is 41.0. The summed E-state index contributed by atoms with van der Waals surface area (Å²) in [5.74, 6) is 0.488. The van der Waals surface area contributed by atoms with Gasteiger partial charge in [0.25, 0.3) is 0 Å². The highest BCUT2D eigenvalue weighted by atomic mass is 16.5. The summed E-state index contributed by atoms with van der Waals surface area (Å²) in [6.45, 7) is 27.9. The molecule has 0 aromatic heterocycles. The fraction of sp³-hybridized carbons (Fsp3) is 0.907. The molecule has 0 spiro atoms. The van der Waals surface area contributed by atoms with E-state index in [1.807, 2.05) is 27.7 Å². The molecule has 354 valence electrons. The third-order valence-electron chi connectivity index (χ3n) is 5.31. The minimum Gasteiger partial charge on any atom is -0.391 e. The van der Waals surface area contributed by atoms with Gasteiger partial charge < -0.3 is 63.5 Å². The smallest absolute Gasteiger partial charge is 0.155 e. The molecule has 14 nitrogen and oxygen atoms in total. The van der Waals surface area contributed by atoms with Crippen molar-refractivity contribution in [2.24, 2.45) is 0 Å². The first-order chi connectivity index (χ1) is 26.7. The Bertz CT molecular complexity index is 629. The van der Waals surface area contributed by atoms with Gasteiger partial charge in [0.05, 0.1) is 44.7 Å². The first-order valence-electron chi connectivity index (χ1n) is 20.2. The van der Waals surface area contributed by atoms with Gasteiger partial charge >= 0.3 is 0 Å². The zero-order valence-corrected chi connectivity index (χ0v) is 41.0. The third kappa shape index (κ3) is 199. The number of Topliss-reactive ketones (excluding diaryl/α,β-unsaturated/α-hetero) is 3. The number of nitrogens with one attached hydrogen (secondary N) is 1. The molecule has 0 aliphatic heterocycles. The van der Waals surface area contributed by atoms with Gasteiger partial charge in [-0.05, 0) is 66.7 Å². The fourth-order valence-electron chi connectivity index (χ4n) is 1.84. The van der Waals surface area contributed by atoms with E-state index in [1.54, 1.807) is 56.5 Å². The van der Waals surface area contributed by atoms with Crippen LogP contribution in [0.5, 0.6) is 0 Å². The first kappa shape index (κ1) is 79.4. The van der Waals surface area contributed by atoms with Crippen LogP contribution in [0.1, 0.15) is 148 Å². The highest BCUT2D eigenvalue weighted by Gasteiger charge is 1.96. The van der Waals surface area contributed by atoms with E-state index in [2.05, 4.69) is 51.4 Å². The number of carbonyl (C=O) groups is 3. The third-order valence-corrected chi connectivity index (χ3v) is 5.31. The molecule has 0 aliphatic rings. The lowest BCUT2D eigenvalue weighted by Crippen LogP contribution is -2.11. The molecule has 0 amide bonds. The second-order valence-electron chi connectivity index (χ2n) is 12.2. The molecule has 0 saturated carbocycles. The fourth-order valence-corrected chi connectivity index (χ4v) is 1.84. The molecule has 4 N–H and O–H groups in total. The Labute approximate surface area is 352 Å². The second kappa shape index (κ2) is 86.2. The Balaban J connectivity index is -0.0000000541. The number of hydrogen-bond donors (Lipinski definition) is 4. The maximum absolute atomic E-state index is 9.92. The summed E-state index contributed by atoms with van der Waals surface area (Å²) >= 11 is 0. The Kier molecular flexibility index (Phi) is 120. The average molecular weight is 838 g/mol. The molecule has 0 saturated heterocycles. The van der Waals surface area contributed by atoms with Crippen LogP contribution in [-0.4, -0.2) is 153 Å². The quantitative estimate of drug-likeness (QED) is 0.0680. The van der Waals surface area contributed by atoms with Crippen molar-refractivity contribution in [1.82, 2.24) is 0 Å². The van der Waals surface area contributed by atoms with Crippen LogP contribution in [0.2, 0.25) is 0 Å². The van der Waals surface area contributed by atoms with E-state index in [0.717, 1.165) is 38.9 Å². The number of ketones is 3. The van der Waals surface area contributed by atoms with Gasteiger partial charge in [-0.1, -0.05) is 74.7 Å². The average Bonchev–Trinajstić information content (AvgIpc) is 3.16. The summed E-state index contributed by atoms with van der Waals surface area (Å²) in [6.07, 6.45) is 8.34. The Hall–Kier alpha value is -1.72. The van der Waals surface area contributed by atoms with Gasteiger partial charge in [-0.15, -0.1) is 0 Å². The maximum Gasteiger partial charge on any atom is 0.155 e. The van der Waals surface area contributed by atoms with Crippen molar-refractivity contribution in [2.45, 2.75) is 166 Å². The van der Waals surface area contributed by atoms with Crippen LogP contribution in [0.25, 0.3) is 0 Å². The molecule has 0 fully saturated rings. The molecule has 0 radical (unpaired) electrons. The lowest BCUT2D eigenvalue weighted by atomic mass is 10.3. The number of methoxy groups -OCH3 is 7. The van der Waals surface area contributed by atoms with E-state index in [9.17, 15) is 14.4 Å². The number of aliphatic hydroxyl groups is 3. The van der Waals surface area contributed by atoms with Crippen molar-refractivity contribution < 1.29 is 62.9 Å². The molecule has 0 rings (SSSR count). The SMILES string of the molecule is CC(C)=O.CCC(C)=O.CCC(O)COC.CCCC.CCCCOC.CCCOC.CC[C@@H](O)COC.CC[C@H](O)COC.COCC(C)=N.COCC(C)=O. The van der Waals surface area contributed by atoms with E-state index in [-0.39, 0.29) is 42.3 Å². The van der Waals surface area contributed by atoms with Crippen LogP contribution < -0.4 is 0 Å². The summed E-state index contributed by atoms with van der Waals surface area (Å²) in [4.78, 5) is 29.2. The normalized spacial score (nSPS) is 10.3. The molecule has 0 aromatic carbocycles. The van der Waals surface area contributed by atoms with Crippen molar-refractivity contribution in [3.63, 3.8) is 0 Å². The zero-order chi connectivity index (χ0) is 47.3. The first-order valence-corrected chi connectivity index (χ1v) is 20.2. The van der Waals surface area contributed by atoms with Gasteiger partial charge in [0.2, 0.25) is 0 Å². The molecular formula is C43H99NO13. The molecule has 57 heavy (non-hydrogen) atoms. The summed E-state index contributed by atoms with van der Waals surface area (Å²) in [7, 11) is 11.3. The van der Waals surface area contributed by atoms with Gasteiger partial charge in [-0.3, -0.25) is 4.79 Å². The lowest BCUT2D eigenvalue weighted by Gasteiger charge is -2.02. The topological polar surface area (TPSA) is 200 Å². The Morgan fingerprint density at radius 1 is 0.456 bits per heavy atom. The van der Waals surface area contributed by atoms with Crippen LogP contribution in [0, 0.1) is 5.41 Å². The molecule has 1 unspecified atom stereocenters. The number of rotatable bonds is 20. The second-order valence-corrected chi connectivity index (χ2v) is 12.2. The number of hydrogen-bond acceptors (Lipinski definition) is 14. The van der Waals surface area contributed by atoms with Crippen molar-refractivity contribution in [1.29, 1.82) is 5.41 Å². The Morgan fingerprint density at radius 2 is 0.754 bits per heavy atom. The van der Waals surface area contributed by atoms with Crippen molar-refractivity contribution in [2.75, 3.05) is 96.0 Å². The number of ether oxygens (including phenoxy) is 7. The molecule has 14 heteroatoms. The van der Waals surface area contributed by atoms with E-state index in [0.29, 0.717) is 38.6 Å². The number of aliphatic hydroxyl groups excluding tert-OH is 3. The van der Waals surface area contributed by atoms with Crippen molar-refractivity contribution in [3.05, 3.63) is 0 Å². The molecule has 0 aromatic rings. The van der Waals surface area contributed by atoms with E-state index in [4.69, 9.17) is 30.2 Å². The van der Waals surface area contributed by atoms with E-state index < -0.39 is 0 Å².